The summed E-state index contributed by atoms with van der Waals surface area (Å²) in [5.74, 6) is 2.89. The second-order valence-corrected chi connectivity index (χ2v) is 8.34. The number of nitrogens with zero attached hydrogens (tertiary/aromatic N) is 3. The van der Waals surface area contributed by atoms with Gasteiger partial charge in [0.2, 0.25) is 0 Å². The maximum absolute atomic E-state index is 13.2. The molecule has 0 aliphatic rings. The summed E-state index contributed by atoms with van der Waals surface area (Å²) in [6.07, 6.45) is 5.84. The fraction of sp³-hybridized carbons (Fsp3) is 0. The number of pyridine rings is 1. The molecule has 0 atom stereocenters. The Morgan fingerprint density at radius 3 is 2.44 bits per heavy atom. The molecular weight excluding hydrogens is 440 g/mol. The summed E-state index contributed by atoms with van der Waals surface area (Å²) in [6.45, 7) is 0. The molecule has 0 saturated heterocycles. The molecule has 0 saturated carbocycles. The SMILES string of the molecule is C#Cc1c(-c2ccccc2)c(C#N)c2nc(=O)c3c(-c4ccc(Cl)cc4)csc3n2c1N. The van der Waals surface area contributed by atoms with Crippen molar-refractivity contribution < 1.29 is 0 Å². The Balaban J connectivity index is 1.95. The number of rotatable bonds is 2. The first-order chi connectivity index (χ1) is 15.5. The summed E-state index contributed by atoms with van der Waals surface area (Å²) >= 11 is 7.35. The summed E-state index contributed by atoms with van der Waals surface area (Å²) in [5.41, 5.74) is 9.65. The highest BCUT2D eigenvalue weighted by atomic mass is 35.5. The summed E-state index contributed by atoms with van der Waals surface area (Å²) in [7, 11) is 0. The lowest BCUT2D eigenvalue weighted by Crippen LogP contribution is -2.15. The summed E-state index contributed by atoms with van der Waals surface area (Å²) in [5, 5.41) is 12.9. The Morgan fingerprint density at radius 1 is 1.06 bits per heavy atom. The van der Waals surface area contributed by atoms with Crippen LogP contribution in [0.1, 0.15) is 11.1 Å². The quantitative estimate of drug-likeness (QED) is 0.367. The number of anilines is 1. The molecule has 7 heteroatoms. The third-order valence-corrected chi connectivity index (χ3v) is 6.52. The van der Waals surface area contributed by atoms with Gasteiger partial charge in [-0.15, -0.1) is 17.8 Å². The first-order valence-electron chi connectivity index (χ1n) is 9.52. The van der Waals surface area contributed by atoms with Gasteiger partial charge in [-0.2, -0.15) is 10.2 Å². The van der Waals surface area contributed by atoms with Crippen LogP contribution in [0.15, 0.2) is 64.8 Å². The molecule has 5 rings (SSSR count). The Morgan fingerprint density at radius 2 is 1.78 bits per heavy atom. The van der Waals surface area contributed by atoms with E-state index in [1.165, 1.54) is 11.3 Å². The van der Waals surface area contributed by atoms with E-state index < -0.39 is 5.56 Å². The highest BCUT2D eigenvalue weighted by Gasteiger charge is 2.23. The van der Waals surface area contributed by atoms with E-state index in [4.69, 9.17) is 23.8 Å². The molecule has 32 heavy (non-hydrogen) atoms. The van der Waals surface area contributed by atoms with E-state index in [0.29, 0.717) is 26.4 Å². The first-order valence-corrected chi connectivity index (χ1v) is 10.8. The van der Waals surface area contributed by atoms with Gasteiger partial charge in [-0.25, -0.2) is 0 Å². The molecule has 0 unspecified atom stereocenters. The number of thiophene rings is 1. The monoisotopic (exact) mass is 452 g/mol. The number of halogens is 1. The first kappa shape index (κ1) is 19.8. The van der Waals surface area contributed by atoms with Crippen LogP contribution in [0.5, 0.6) is 0 Å². The highest BCUT2D eigenvalue weighted by molar-refractivity contribution is 7.17. The Labute approximate surface area is 192 Å². The van der Waals surface area contributed by atoms with Crippen LogP contribution in [0.3, 0.4) is 0 Å². The predicted octanol–water partition coefficient (Wildman–Crippen LogP) is 5.33. The van der Waals surface area contributed by atoms with Crippen LogP contribution in [-0.2, 0) is 0 Å². The molecule has 0 aliphatic carbocycles. The lowest BCUT2D eigenvalue weighted by Gasteiger charge is -2.16. The van der Waals surface area contributed by atoms with E-state index in [-0.39, 0.29) is 17.0 Å². The van der Waals surface area contributed by atoms with Crippen molar-refractivity contribution in [1.82, 2.24) is 9.38 Å². The molecule has 5 aromatic rings. The average molecular weight is 453 g/mol. The van der Waals surface area contributed by atoms with Gasteiger partial charge >= 0.3 is 0 Å². The molecule has 2 N–H and O–H groups in total. The van der Waals surface area contributed by atoms with Crippen molar-refractivity contribution in [2.75, 3.05) is 5.73 Å². The van der Waals surface area contributed by atoms with Crippen LogP contribution < -0.4 is 11.3 Å². The molecule has 152 valence electrons. The topological polar surface area (TPSA) is 84.2 Å². The predicted molar refractivity (Wildman–Crippen MR) is 130 cm³/mol. The fourth-order valence-corrected chi connectivity index (χ4v) is 5.09. The zero-order valence-electron chi connectivity index (χ0n) is 16.5. The number of nitrogens with two attached hydrogens (primary N) is 1. The zero-order chi connectivity index (χ0) is 22.4. The number of aromatic nitrogens is 2. The highest BCUT2D eigenvalue weighted by Crippen LogP contribution is 2.38. The normalized spacial score (nSPS) is 10.8. The van der Waals surface area contributed by atoms with Gasteiger partial charge in [0.15, 0.2) is 5.65 Å². The molecule has 5 nitrogen and oxygen atoms in total. The van der Waals surface area contributed by atoms with Gasteiger partial charge < -0.3 is 5.73 Å². The molecule has 0 spiro atoms. The smallest absolute Gasteiger partial charge is 0.282 e. The number of nitrogen functional groups attached to an aromatic ring is 1. The Kier molecular flexibility index (Phi) is 4.68. The zero-order valence-corrected chi connectivity index (χ0v) is 18.0. The largest absolute Gasteiger partial charge is 0.384 e. The number of hydrogen-bond donors (Lipinski definition) is 1. The van der Waals surface area contributed by atoms with E-state index in [0.717, 1.165) is 16.7 Å². The van der Waals surface area contributed by atoms with Crippen LogP contribution in [-0.4, -0.2) is 9.38 Å². The summed E-state index contributed by atoms with van der Waals surface area (Å²) in [4.78, 5) is 18.0. The van der Waals surface area contributed by atoms with E-state index in [9.17, 15) is 10.1 Å². The Hall–Kier alpha value is -4.10. The Bertz CT molecular complexity index is 1670. The molecule has 0 aliphatic heterocycles. The minimum absolute atomic E-state index is 0.185. The number of fused-ring (bicyclic) bond motifs is 3. The van der Waals surface area contributed by atoms with Crippen LogP contribution in [0.4, 0.5) is 5.82 Å². The van der Waals surface area contributed by atoms with Gasteiger partial charge in [0.05, 0.1) is 10.9 Å². The van der Waals surface area contributed by atoms with Gasteiger partial charge in [0, 0.05) is 21.5 Å². The number of terminal acetylenes is 1. The van der Waals surface area contributed by atoms with Gasteiger partial charge in [-0.1, -0.05) is 60.0 Å². The average Bonchev–Trinajstić information content (AvgIpc) is 3.25. The second-order valence-electron chi connectivity index (χ2n) is 7.04. The van der Waals surface area contributed by atoms with Crippen molar-refractivity contribution in [2.24, 2.45) is 0 Å². The maximum Gasteiger partial charge on any atom is 0.282 e. The van der Waals surface area contributed by atoms with E-state index in [1.807, 2.05) is 47.8 Å². The summed E-state index contributed by atoms with van der Waals surface area (Å²) in [6, 6.07) is 18.6. The van der Waals surface area contributed by atoms with E-state index in [1.54, 1.807) is 16.5 Å². The third-order valence-electron chi connectivity index (χ3n) is 5.30. The van der Waals surface area contributed by atoms with Gasteiger partial charge in [-0.3, -0.25) is 9.20 Å². The van der Waals surface area contributed by atoms with Crippen molar-refractivity contribution in [3.63, 3.8) is 0 Å². The fourth-order valence-electron chi connectivity index (χ4n) is 3.87. The molecule has 0 amide bonds. The van der Waals surface area contributed by atoms with Crippen molar-refractivity contribution in [1.29, 1.82) is 5.26 Å². The molecule has 3 heterocycles. The van der Waals surface area contributed by atoms with Crippen LogP contribution in [0.2, 0.25) is 5.02 Å². The van der Waals surface area contributed by atoms with Crippen LogP contribution in [0.25, 0.3) is 38.1 Å². The van der Waals surface area contributed by atoms with Crippen LogP contribution >= 0.6 is 22.9 Å². The maximum atomic E-state index is 13.2. The lowest BCUT2D eigenvalue weighted by molar-refractivity contribution is 1.14. The van der Waals surface area contributed by atoms with Gasteiger partial charge in [0.25, 0.3) is 5.56 Å². The number of nitriles is 1. The van der Waals surface area contributed by atoms with Gasteiger partial charge in [0.1, 0.15) is 22.3 Å². The standard InChI is InChI=1S/C25H13ClN4OS/c1-2-17-20(15-6-4-3-5-7-15)18(12-27)23-29-24(31)21-19(14-8-10-16(26)11-9-14)13-32-25(21)30(23)22(17)28/h1,3-11,13H,28H2. The van der Waals surface area contributed by atoms with Crippen LogP contribution in [0, 0.1) is 23.7 Å². The number of benzene rings is 2. The van der Waals surface area contributed by atoms with E-state index in [2.05, 4.69) is 17.0 Å². The second kappa shape index (κ2) is 7.55. The molecule has 2 aromatic carbocycles. The van der Waals surface area contributed by atoms with E-state index >= 15 is 0 Å². The third kappa shape index (κ3) is 2.86. The minimum Gasteiger partial charge on any atom is -0.384 e. The lowest BCUT2D eigenvalue weighted by atomic mass is 9.96. The molecular formula is C25H13ClN4OS. The molecule has 3 aromatic heterocycles. The summed E-state index contributed by atoms with van der Waals surface area (Å²) < 4.78 is 1.61. The van der Waals surface area contributed by atoms with Gasteiger partial charge in [-0.05, 0) is 23.3 Å². The molecule has 0 radical (unpaired) electrons. The van der Waals surface area contributed by atoms with Crippen molar-refractivity contribution in [3.8, 4) is 40.7 Å². The molecule has 0 fully saturated rings. The molecule has 0 bridgehead atoms. The van der Waals surface area contributed by atoms with Crippen molar-refractivity contribution in [3.05, 3.63) is 86.5 Å². The van der Waals surface area contributed by atoms with Crippen molar-refractivity contribution in [2.45, 2.75) is 0 Å². The number of hydrogen-bond acceptors (Lipinski definition) is 5. The van der Waals surface area contributed by atoms with Crippen molar-refractivity contribution >= 4 is 44.6 Å². The minimum atomic E-state index is -0.436.